The number of nitrogens with zero attached hydrogens (tertiary/aromatic N) is 9. The number of morpholine rings is 1. The van der Waals surface area contributed by atoms with Crippen LogP contribution in [0, 0.1) is 11.8 Å². The molecule has 7 heterocycles. The van der Waals surface area contributed by atoms with Crippen molar-refractivity contribution < 1.29 is 19.4 Å². The Morgan fingerprint density at radius 2 is 1.18 bits per heavy atom. The van der Waals surface area contributed by atoms with Crippen LogP contribution in [0.5, 0.6) is 0 Å². The molecule has 6 aromatic rings. The van der Waals surface area contributed by atoms with Crippen LogP contribution in [-0.4, -0.2) is 108 Å². The van der Waals surface area contributed by atoms with Crippen LogP contribution in [0.25, 0.3) is 20.4 Å². The quantitative estimate of drug-likeness (QED) is 0.136. The number of anilines is 6. The van der Waals surface area contributed by atoms with E-state index in [0.717, 1.165) is 110 Å². The molecule has 2 aromatic carbocycles. The van der Waals surface area contributed by atoms with Gasteiger partial charge >= 0.3 is 5.97 Å². The largest absolute Gasteiger partial charge is 0.481 e. The number of rotatable bonds is 8. The Hall–Kier alpha value is -6.04. The second-order valence-corrected chi connectivity index (χ2v) is 20.3. The monoisotopic (exact) mass is 911 g/mol. The SMILES string of the molecule is CN(C)c1cc2c(cc1Nc1ncnc3sc4c(c13)CC[C@H](C(=O)O)C4)C=NC2.C[C@H]1CN(C(=O)[C@H]2CCc3c(sc4ncnc(Nc5cc6c(cc5N(C)C)CN=C6)c34)C2)C[C@H](C)O1. The zero-order chi connectivity index (χ0) is 45.1. The van der Waals surface area contributed by atoms with E-state index < -0.39 is 5.97 Å². The van der Waals surface area contributed by atoms with Crippen molar-refractivity contribution in [2.45, 2.75) is 77.7 Å². The molecule has 2 aliphatic carbocycles. The highest BCUT2D eigenvalue weighted by Crippen LogP contribution is 2.44. The van der Waals surface area contributed by atoms with Crippen molar-refractivity contribution in [2.75, 3.05) is 61.7 Å². The smallest absolute Gasteiger partial charge is 0.306 e. The van der Waals surface area contributed by atoms with E-state index in [0.29, 0.717) is 25.9 Å². The van der Waals surface area contributed by atoms with E-state index >= 15 is 0 Å². The van der Waals surface area contributed by atoms with Crippen LogP contribution >= 0.6 is 22.7 Å². The number of carbonyl (C=O) groups is 2. The van der Waals surface area contributed by atoms with Gasteiger partial charge in [-0.05, 0) is 110 Å². The summed E-state index contributed by atoms with van der Waals surface area (Å²) in [7, 11) is 8.16. The molecule has 3 N–H and O–H groups in total. The fourth-order valence-electron chi connectivity index (χ4n) is 9.94. The van der Waals surface area contributed by atoms with Gasteiger partial charge in [-0.2, -0.15) is 0 Å². The van der Waals surface area contributed by atoms with Gasteiger partial charge in [-0.15, -0.1) is 22.7 Å². The van der Waals surface area contributed by atoms with Gasteiger partial charge in [-0.1, -0.05) is 0 Å². The molecule has 1 saturated heterocycles. The number of hydrogen-bond acceptors (Lipinski definition) is 15. The Bertz CT molecular complexity index is 2910. The number of aryl methyl sites for hydroxylation is 2. The normalized spacial score (nSPS) is 20.4. The molecule has 4 aromatic heterocycles. The molecule has 0 unspecified atom stereocenters. The molecular weight excluding hydrogens is 859 g/mol. The third-order valence-corrected chi connectivity index (χ3v) is 15.4. The maximum absolute atomic E-state index is 13.4. The van der Waals surface area contributed by atoms with Crippen LogP contribution < -0.4 is 20.4 Å². The predicted molar refractivity (Wildman–Crippen MR) is 261 cm³/mol. The Balaban J connectivity index is 0.000000157. The molecule has 0 bridgehead atoms. The lowest BCUT2D eigenvalue weighted by atomic mass is 9.86. The fourth-order valence-corrected chi connectivity index (χ4v) is 12.5. The molecule has 336 valence electrons. The van der Waals surface area contributed by atoms with Gasteiger partial charge in [0.1, 0.15) is 34.0 Å². The van der Waals surface area contributed by atoms with Gasteiger partial charge in [0.05, 0.1) is 64.7 Å². The summed E-state index contributed by atoms with van der Waals surface area (Å²) in [5.74, 6) is 0.864. The van der Waals surface area contributed by atoms with Gasteiger partial charge in [0.25, 0.3) is 0 Å². The first-order valence-electron chi connectivity index (χ1n) is 22.3. The highest BCUT2D eigenvalue weighted by Gasteiger charge is 2.35. The molecule has 15 nitrogen and oxygen atoms in total. The average Bonchev–Trinajstić information content (AvgIpc) is 4.09. The molecule has 5 aliphatic rings. The number of thiophene rings is 2. The lowest BCUT2D eigenvalue weighted by molar-refractivity contribution is -0.147. The third-order valence-electron chi connectivity index (χ3n) is 13.1. The number of amides is 1. The van der Waals surface area contributed by atoms with Crippen LogP contribution in [0.4, 0.5) is 34.4 Å². The molecule has 3 aliphatic heterocycles. The number of carbonyl (C=O) groups excluding carboxylic acids is 1. The number of aliphatic carboxylic acids is 1. The number of hydrogen-bond donors (Lipinski definition) is 3. The summed E-state index contributed by atoms with van der Waals surface area (Å²) < 4.78 is 5.84. The van der Waals surface area contributed by atoms with Crippen molar-refractivity contribution in [3.8, 4) is 0 Å². The average molecular weight is 912 g/mol. The van der Waals surface area contributed by atoms with Crippen molar-refractivity contribution in [2.24, 2.45) is 21.8 Å². The zero-order valence-electron chi connectivity index (χ0n) is 37.5. The number of benzene rings is 2. The minimum atomic E-state index is -0.715. The fraction of sp³-hybridized carbons (Fsp3) is 0.417. The molecule has 0 radical (unpaired) electrons. The maximum Gasteiger partial charge on any atom is 0.306 e. The van der Waals surface area contributed by atoms with Crippen LogP contribution in [-0.2, 0) is 53.1 Å². The molecule has 4 atom stereocenters. The third kappa shape index (κ3) is 8.29. The van der Waals surface area contributed by atoms with Gasteiger partial charge in [-0.3, -0.25) is 19.6 Å². The molecule has 1 fully saturated rings. The van der Waals surface area contributed by atoms with Crippen LogP contribution in [0.15, 0.2) is 46.9 Å². The second-order valence-electron chi connectivity index (χ2n) is 18.1. The highest BCUT2D eigenvalue weighted by atomic mass is 32.1. The van der Waals surface area contributed by atoms with Gasteiger partial charge in [0.15, 0.2) is 0 Å². The molecule has 0 spiro atoms. The van der Waals surface area contributed by atoms with Gasteiger partial charge in [0.2, 0.25) is 5.91 Å². The first kappa shape index (κ1) is 42.9. The van der Waals surface area contributed by atoms with Gasteiger partial charge < -0.3 is 35.2 Å². The number of fused-ring (bicyclic) bond motifs is 8. The van der Waals surface area contributed by atoms with Crippen LogP contribution in [0.1, 0.15) is 69.8 Å². The van der Waals surface area contributed by atoms with E-state index in [2.05, 4.69) is 88.7 Å². The van der Waals surface area contributed by atoms with Crippen LogP contribution in [0.3, 0.4) is 0 Å². The second kappa shape index (κ2) is 17.4. The van der Waals surface area contributed by atoms with E-state index in [9.17, 15) is 14.7 Å². The molecule has 17 heteroatoms. The Kier molecular flexibility index (Phi) is 11.5. The molecular formula is C48H53N11O4S2. The van der Waals surface area contributed by atoms with Crippen molar-refractivity contribution >= 4 is 102 Å². The Labute approximate surface area is 385 Å². The zero-order valence-corrected chi connectivity index (χ0v) is 39.1. The lowest BCUT2D eigenvalue weighted by Gasteiger charge is -2.37. The summed E-state index contributed by atoms with van der Waals surface area (Å²) in [5, 5.41) is 18.7. The summed E-state index contributed by atoms with van der Waals surface area (Å²) in [4.78, 5) is 62.4. The number of aromatic nitrogens is 4. The van der Waals surface area contributed by atoms with E-state index in [1.54, 1.807) is 35.3 Å². The molecule has 65 heavy (non-hydrogen) atoms. The van der Waals surface area contributed by atoms with Crippen molar-refractivity contribution in [1.82, 2.24) is 24.8 Å². The molecule has 1 amide bonds. The number of ether oxygens (including phenoxy) is 1. The van der Waals surface area contributed by atoms with Crippen molar-refractivity contribution in [3.63, 3.8) is 0 Å². The minimum absolute atomic E-state index is 0.0174. The summed E-state index contributed by atoms with van der Waals surface area (Å²) in [6.45, 7) is 6.90. The molecule has 0 saturated carbocycles. The van der Waals surface area contributed by atoms with Gasteiger partial charge in [0, 0.05) is 69.4 Å². The highest BCUT2D eigenvalue weighted by molar-refractivity contribution is 7.19. The minimum Gasteiger partial charge on any atom is -0.481 e. The number of carboxylic acid groups (broad SMARTS) is 1. The van der Waals surface area contributed by atoms with E-state index in [1.165, 1.54) is 27.1 Å². The summed E-state index contributed by atoms with van der Waals surface area (Å²) in [6.07, 6.45) is 11.7. The van der Waals surface area contributed by atoms with E-state index in [1.807, 2.05) is 45.3 Å². The summed E-state index contributed by atoms with van der Waals surface area (Å²) >= 11 is 3.30. The van der Waals surface area contributed by atoms with E-state index in [4.69, 9.17) is 4.74 Å². The topological polar surface area (TPSA) is 174 Å². The lowest BCUT2D eigenvalue weighted by Crippen LogP contribution is -2.50. The predicted octanol–water partition coefficient (Wildman–Crippen LogP) is 7.80. The maximum atomic E-state index is 13.4. The van der Waals surface area contributed by atoms with Crippen LogP contribution in [0.2, 0.25) is 0 Å². The number of carboxylic acids is 1. The van der Waals surface area contributed by atoms with Crippen molar-refractivity contribution in [3.05, 3.63) is 80.1 Å². The first-order valence-corrected chi connectivity index (χ1v) is 23.9. The molecule has 11 rings (SSSR count). The standard InChI is InChI=1S/C27H32N6O2S.C21H21N5O2S/c1-15-12-33(13-16(2)35-15)27(34)17-5-6-20-23(9-17)36-26-24(20)25(29-14-30-26)31-21-7-18-10-28-11-19(18)8-22(21)32(3)4;1-26(2)16-6-13-9-22-8-12(13)5-15(16)25-19-18-14-4-3-11(21(27)28)7-17(14)29-20(18)24-10-23-19/h7-8,10,14-17H,5-6,9,11-13H2,1-4H3,(H,29,30,31);5-6,8,10-11H,3-4,7,9H2,1-2H3,(H,27,28)(H,23,24,25)/t15-,16-,17-;11-/m00/s1. The Morgan fingerprint density at radius 1 is 0.708 bits per heavy atom. The Morgan fingerprint density at radius 3 is 1.66 bits per heavy atom. The van der Waals surface area contributed by atoms with Crippen molar-refractivity contribution in [1.29, 1.82) is 0 Å². The van der Waals surface area contributed by atoms with E-state index in [-0.39, 0.29) is 30.0 Å². The first-order chi connectivity index (χ1) is 31.4. The summed E-state index contributed by atoms with van der Waals surface area (Å²) in [5.41, 5.74) is 11.4. The number of nitrogens with one attached hydrogen (secondary N) is 2. The number of aliphatic imine (C=N–C) groups is 2. The van der Waals surface area contributed by atoms with Gasteiger partial charge in [-0.25, -0.2) is 19.9 Å². The summed E-state index contributed by atoms with van der Waals surface area (Å²) in [6, 6.07) is 8.65.